The summed E-state index contributed by atoms with van der Waals surface area (Å²) in [5, 5.41) is 2.86. The van der Waals surface area contributed by atoms with Crippen molar-refractivity contribution in [2.45, 2.75) is 56.5 Å². The van der Waals surface area contributed by atoms with Gasteiger partial charge in [0, 0.05) is 19.1 Å². The molecule has 2 aliphatic carbocycles. The molecule has 3 N–H and O–H groups in total. The van der Waals surface area contributed by atoms with Gasteiger partial charge in [0.05, 0.1) is 0 Å². The summed E-state index contributed by atoms with van der Waals surface area (Å²) in [6, 6.07) is -0.235. The minimum Gasteiger partial charge on any atom is -0.341 e. The van der Waals surface area contributed by atoms with E-state index < -0.39 is 11.6 Å². The summed E-state index contributed by atoms with van der Waals surface area (Å²) in [5.41, 5.74) is 5.37. The molecule has 3 unspecified atom stereocenters. The van der Waals surface area contributed by atoms with Crippen LogP contribution in [0.1, 0.15) is 44.9 Å². The van der Waals surface area contributed by atoms with Gasteiger partial charge in [0.1, 0.15) is 12.1 Å². The number of urea groups is 1. The smallest absolute Gasteiger partial charge is 0.325 e. The summed E-state index contributed by atoms with van der Waals surface area (Å²) >= 11 is 0. The molecule has 0 bridgehead atoms. The second-order valence-electron chi connectivity index (χ2n) is 7.93. The molecule has 2 saturated carbocycles. The summed E-state index contributed by atoms with van der Waals surface area (Å²) in [6.07, 6.45) is 6.47. The number of fused-ring (bicyclic) bond motifs is 1. The van der Waals surface area contributed by atoms with E-state index in [0.717, 1.165) is 37.0 Å². The first-order chi connectivity index (χ1) is 11.5. The molecule has 2 aliphatic heterocycles. The van der Waals surface area contributed by atoms with Crippen LogP contribution in [0, 0.1) is 11.8 Å². The molecule has 4 amide bonds. The van der Waals surface area contributed by atoms with E-state index >= 15 is 0 Å². The summed E-state index contributed by atoms with van der Waals surface area (Å²) in [6.45, 7) is 1.24. The molecule has 0 aromatic heterocycles. The second-order valence-corrected chi connectivity index (χ2v) is 7.93. The van der Waals surface area contributed by atoms with Crippen molar-refractivity contribution in [1.29, 1.82) is 0 Å². The molecule has 0 aromatic rings. The highest BCUT2D eigenvalue weighted by Gasteiger charge is 2.52. The average molecular weight is 371 g/mol. The topological polar surface area (TPSA) is 95.7 Å². The third-order valence-electron chi connectivity index (χ3n) is 6.51. The van der Waals surface area contributed by atoms with E-state index in [9.17, 15) is 14.4 Å². The van der Waals surface area contributed by atoms with Gasteiger partial charge in [-0.25, -0.2) is 4.79 Å². The van der Waals surface area contributed by atoms with Crippen molar-refractivity contribution in [2.24, 2.45) is 17.6 Å². The number of hydrogen-bond acceptors (Lipinski definition) is 4. The van der Waals surface area contributed by atoms with E-state index in [1.54, 1.807) is 4.90 Å². The van der Waals surface area contributed by atoms with Gasteiger partial charge in [-0.15, -0.1) is 12.4 Å². The van der Waals surface area contributed by atoms with E-state index in [1.165, 1.54) is 0 Å². The summed E-state index contributed by atoms with van der Waals surface area (Å²) in [4.78, 5) is 40.5. The number of rotatable bonds is 2. The third-order valence-corrected chi connectivity index (χ3v) is 6.51. The maximum absolute atomic E-state index is 12.7. The van der Waals surface area contributed by atoms with Crippen LogP contribution >= 0.6 is 12.4 Å². The molecule has 1 spiro atoms. The molecule has 2 saturated heterocycles. The Bertz CT molecular complexity index is 578. The Hall–Kier alpha value is -1.34. The maximum atomic E-state index is 12.7. The number of nitrogens with zero attached hydrogens (tertiary/aromatic N) is 2. The van der Waals surface area contributed by atoms with E-state index in [-0.39, 0.29) is 36.8 Å². The number of halogens is 1. The first-order valence-electron chi connectivity index (χ1n) is 9.18. The van der Waals surface area contributed by atoms with Gasteiger partial charge in [0.25, 0.3) is 5.91 Å². The molecular formula is C17H27ClN4O3. The molecule has 8 heteroatoms. The van der Waals surface area contributed by atoms with Crippen molar-refractivity contribution in [1.82, 2.24) is 15.1 Å². The lowest BCUT2D eigenvalue weighted by atomic mass is 9.82. The van der Waals surface area contributed by atoms with Gasteiger partial charge in [0.15, 0.2) is 0 Å². The number of nitrogens with two attached hydrogens (primary N) is 1. The van der Waals surface area contributed by atoms with Gasteiger partial charge in [0.2, 0.25) is 5.91 Å². The molecule has 25 heavy (non-hydrogen) atoms. The fourth-order valence-corrected chi connectivity index (χ4v) is 5.06. The average Bonchev–Trinajstić information content (AvgIpc) is 3.20. The molecule has 4 rings (SSSR count). The van der Waals surface area contributed by atoms with Gasteiger partial charge in [-0.2, -0.15) is 0 Å². The molecular weight excluding hydrogens is 344 g/mol. The van der Waals surface area contributed by atoms with Crippen molar-refractivity contribution >= 4 is 30.3 Å². The lowest BCUT2D eigenvalue weighted by Crippen LogP contribution is -2.49. The normalized spacial score (nSPS) is 33.4. The highest BCUT2D eigenvalue weighted by Crippen LogP contribution is 2.37. The van der Waals surface area contributed by atoms with E-state index in [2.05, 4.69) is 5.32 Å². The molecule has 0 aromatic carbocycles. The minimum atomic E-state index is -0.751. The fraction of sp³-hybridized carbons (Fsp3) is 0.824. The third kappa shape index (κ3) is 3.01. The highest BCUT2D eigenvalue weighted by atomic mass is 35.5. The molecule has 3 atom stereocenters. The Morgan fingerprint density at radius 3 is 2.56 bits per heavy atom. The van der Waals surface area contributed by atoms with Gasteiger partial charge in [-0.05, 0) is 37.5 Å². The largest absolute Gasteiger partial charge is 0.341 e. The van der Waals surface area contributed by atoms with Gasteiger partial charge < -0.3 is 16.0 Å². The van der Waals surface area contributed by atoms with Crippen molar-refractivity contribution < 1.29 is 14.4 Å². The first-order valence-corrected chi connectivity index (χ1v) is 9.18. The van der Waals surface area contributed by atoms with Crippen molar-refractivity contribution in [3.05, 3.63) is 0 Å². The molecule has 2 heterocycles. The Kier molecular flexibility index (Phi) is 4.99. The summed E-state index contributed by atoms with van der Waals surface area (Å²) in [5.74, 6) is 0.517. The van der Waals surface area contributed by atoms with E-state index in [1.807, 2.05) is 0 Å². The second kappa shape index (κ2) is 6.76. The van der Waals surface area contributed by atoms with Crippen LogP contribution in [0.5, 0.6) is 0 Å². The van der Waals surface area contributed by atoms with Crippen molar-refractivity contribution in [3.63, 3.8) is 0 Å². The lowest BCUT2D eigenvalue weighted by Gasteiger charge is -2.30. The van der Waals surface area contributed by atoms with Crippen LogP contribution in [0.4, 0.5) is 4.79 Å². The van der Waals surface area contributed by atoms with E-state index in [0.29, 0.717) is 37.8 Å². The lowest BCUT2D eigenvalue weighted by molar-refractivity contribution is -0.139. The number of imide groups is 1. The standard InChI is InChI=1S/C17H26N4O3.ClH/c18-13-5-4-11-8-20(9-12(11)13)14(22)10-21-15(23)17(19-16(21)24)6-2-1-3-7-17;/h11-13H,1-10,18H2,(H,19,24);1H. The van der Waals surface area contributed by atoms with Crippen LogP contribution in [0.3, 0.4) is 0 Å². The molecule has 4 aliphatic rings. The van der Waals surface area contributed by atoms with E-state index in [4.69, 9.17) is 5.73 Å². The van der Waals surface area contributed by atoms with Crippen LogP contribution in [0.2, 0.25) is 0 Å². The molecule has 7 nitrogen and oxygen atoms in total. The number of amides is 4. The zero-order chi connectivity index (χ0) is 16.9. The molecule has 4 fully saturated rings. The van der Waals surface area contributed by atoms with Gasteiger partial charge in [-0.1, -0.05) is 19.3 Å². The van der Waals surface area contributed by atoms with Crippen LogP contribution in [-0.2, 0) is 9.59 Å². The van der Waals surface area contributed by atoms with Crippen molar-refractivity contribution in [3.8, 4) is 0 Å². The monoisotopic (exact) mass is 370 g/mol. The van der Waals surface area contributed by atoms with Crippen molar-refractivity contribution in [2.75, 3.05) is 19.6 Å². The number of hydrogen-bond donors (Lipinski definition) is 2. The molecule has 0 radical (unpaired) electrons. The fourth-order valence-electron chi connectivity index (χ4n) is 5.06. The van der Waals surface area contributed by atoms with Gasteiger partial charge >= 0.3 is 6.03 Å². The quantitative estimate of drug-likeness (QED) is 0.704. The Morgan fingerprint density at radius 1 is 1.16 bits per heavy atom. The first kappa shape index (κ1) is 18.5. The van der Waals surface area contributed by atoms with Crippen LogP contribution < -0.4 is 11.1 Å². The molecule has 140 valence electrons. The van der Waals surface area contributed by atoms with Crippen LogP contribution in [-0.4, -0.2) is 58.9 Å². The Morgan fingerprint density at radius 2 is 1.88 bits per heavy atom. The predicted molar refractivity (Wildman–Crippen MR) is 94.1 cm³/mol. The SMILES string of the molecule is Cl.NC1CCC2CN(C(=O)CN3C(=O)NC4(CCCCC4)C3=O)CC12. The maximum Gasteiger partial charge on any atom is 0.325 e. The number of nitrogens with one attached hydrogen (secondary N) is 1. The Balaban J connectivity index is 0.00000182. The van der Waals surface area contributed by atoms with Gasteiger partial charge in [-0.3, -0.25) is 14.5 Å². The Labute approximate surface area is 154 Å². The zero-order valence-corrected chi connectivity index (χ0v) is 15.2. The van der Waals surface area contributed by atoms with Crippen LogP contribution in [0.25, 0.3) is 0 Å². The minimum absolute atomic E-state index is 0. The number of likely N-dealkylation sites (tertiary alicyclic amines) is 1. The predicted octanol–water partition coefficient (Wildman–Crippen LogP) is 0.859. The van der Waals surface area contributed by atoms with Crippen LogP contribution in [0.15, 0.2) is 0 Å². The highest BCUT2D eigenvalue weighted by molar-refractivity contribution is 6.09. The summed E-state index contributed by atoms with van der Waals surface area (Å²) in [7, 11) is 0. The number of carbonyl (C=O) groups excluding carboxylic acids is 3. The zero-order valence-electron chi connectivity index (χ0n) is 14.4. The number of carbonyl (C=O) groups is 3. The summed E-state index contributed by atoms with van der Waals surface area (Å²) < 4.78 is 0.